The minimum atomic E-state index is -0.757. The van der Waals surface area contributed by atoms with Crippen LogP contribution in [0.5, 0.6) is 0 Å². The van der Waals surface area contributed by atoms with Gasteiger partial charge in [0, 0.05) is 38.6 Å². The van der Waals surface area contributed by atoms with E-state index in [2.05, 4.69) is 218 Å². The molecule has 0 saturated heterocycles. The molecule has 10 rings (SSSR count). The van der Waals surface area contributed by atoms with E-state index in [0.717, 1.165) is 33.9 Å². The third kappa shape index (κ3) is 4.86. The van der Waals surface area contributed by atoms with Crippen molar-refractivity contribution in [3.05, 3.63) is 187 Å². The van der Waals surface area contributed by atoms with Gasteiger partial charge in [0.15, 0.2) is 0 Å². The van der Waals surface area contributed by atoms with E-state index in [9.17, 15) is 0 Å². The maximum atomic E-state index is 4.13. The van der Waals surface area contributed by atoms with E-state index in [1.165, 1.54) is 44.2 Å². The Morgan fingerprint density at radius 2 is 1.38 bits per heavy atom. The topological polar surface area (TPSA) is 17.9 Å². The number of nitrogens with zero attached hydrogens (tertiary/aromatic N) is 5. The van der Waals surface area contributed by atoms with E-state index >= 15 is 0 Å². The fourth-order valence-corrected chi connectivity index (χ4v) is 8.59. The summed E-state index contributed by atoms with van der Waals surface area (Å²) < 4.78 is 2.48. The zero-order valence-electron chi connectivity index (χ0n) is 30.4. The average molecular weight is 869 g/mol. The van der Waals surface area contributed by atoms with Gasteiger partial charge in [-0.25, -0.2) is 0 Å². The standard InChI is InChI=1S/C47H39N5.Pt/c1-46(2,3)33-26-34(28-36(27-33)50-25-24-48(4)30-50)47(32-14-7-6-8-15-32)39-18-13-17-38-37-16-9-10-19-41(37)52(45(38)39)42-23-22-35(29-40(42)47)51-31-49(5)43-20-11-12-21-44(43)51;/h6-27,30-31H,1-5H3;/q-4;+4. The van der Waals surface area contributed by atoms with Crippen LogP contribution in [0.1, 0.15) is 48.6 Å². The largest absolute Gasteiger partial charge is 4.00 e. The van der Waals surface area contributed by atoms with Gasteiger partial charge in [0.05, 0.1) is 0 Å². The molecule has 3 aliphatic heterocycles. The number of benzene rings is 6. The van der Waals surface area contributed by atoms with Gasteiger partial charge >= 0.3 is 21.1 Å². The van der Waals surface area contributed by atoms with Crippen molar-refractivity contribution in [2.45, 2.75) is 31.6 Å². The van der Waals surface area contributed by atoms with Crippen molar-refractivity contribution >= 4 is 44.6 Å². The summed E-state index contributed by atoms with van der Waals surface area (Å²) in [5.41, 5.74) is 12.8. The fourth-order valence-electron chi connectivity index (χ4n) is 8.59. The van der Waals surface area contributed by atoms with Crippen molar-refractivity contribution in [2.24, 2.45) is 0 Å². The SMILES string of the molecule is CN1C=CN(c2[c-]c(C3(c4ccccc4)c4[c-]c(N5[CH-]N(C)c6ccccc65)ccc4-n4c5ccccc5c5cccc3c54)cc(C(C)(C)C)c2)[CH-]1.[Pt+4]. The van der Waals surface area contributed by atoms with Crippen LogP contribution in [0.15, 0.2) is 134 Å². The van der Waals surface area contributed by atoms with Gasteiger partial charge < -0.3 is 24.2 Å². The minimum Gasteiger partial charge on any atom is -0.510 e. The maximum absolute atomic E-state index is 4.13. The number of hydrogen-bond acceptors (Lipinski definition) is 4. The second kappa shape index (κ2) is 12.1. The molecule has 0 aliphatic carbocycles. The molecule has 6 heteroatoms. The molecule has 5 nitrogen and oxygen atoms in total. The summed E-state index contributed by atoms with van der Waals surface area (Å²) in [5.74, 6) is 0. The summed E-state index contributed by atoms with van der Waals surface area (Å²) in [5, 5.41) is 2.49. The van der Waals surface area contributed by atoms with Crippen LogP contribution in [0.25, 0.3) is 27.5 Å². The van der Waals surface area contributed by atoms with Crippen LogP contribution in [0, 0.1) is 25.5 Å². The van der Waals surface area contributed by atoms with Gasteiger partial charge in [0.1, 0.15) is 0 Å². The molecule has 7 aromatic rings. The number of hydrogen-bond donors (Lipinski definition) is 0. The number of anilines is 4. The molecule has 0 N–H and O–H groups in total. The summed E-state index contributed by atoms with van der Waals surface area (Å²) in [6, 6.07) is 52.7. The van der Waals surface area contributed by atoms with E-state index in [1.807, 2.05) is 0 Å². The first kappa shape index (κ1) is 33.6. The molecule has 0 bridgehead atoms. The van der Waals surface area contributed by atoms with Crippen molar-refractivity contribution < 1.29 is 21.1 Å². The van der Waals surface area contributed by atoms with Gasteiger partial charge in [-0.2, -0.15) is 37.1 Å². The number of aromatic nitrogens is 1. The first-order valence-electron chi connectivity index (χ1n) is 18.0. The Bertz CT molecular complexity index is 2580. The summed E-state index contributed by atoms with van der Waals surface area (Å²) in [4.78, 5) is 8.73. The molecular formula is C47H39N5Pt. The van der Waals surface area contributed by atoms with Gasteiger partial charge in [-0.3, -0.25) is 0 Å². The van der Waals surface area contributed by atoms with Crippen molar-refractivity contribution in [3.63, 3.8) is 0 Å². The van der Waals surface area contributed by atoms with Gasteiger partial charge in [-0.15, -0.1) is 40.7 Å². The molecule has 0 spiro atoms. The Labute approximate surface area is 326 Å². The Balaban J connectivity index is 0.00000372. The monoisotopic (exact) mass is 868 g/mol. The molecule has 1 atom stereocenters. The molecule has 0 saturated carbocycles. The molecule has 53 heavy (non-hydrogen) atoms. The Kier molecular flexibility index (Phi) is 7.70. The predicted octanol–water partition coefficient (Wildman–Crippen LogP) is 10.4. The smallest absolute Gasteiger partial charge is 0.510 e. The van der Waals surface area contributed by atoms with Gasteiger partial charge in [-0.05, 0) is 61.2 Å². The van der Waals surface area contributed by atoms with Gasteiger partial charge in [0.25, 0.3) is 0 Å². The van der Waals surface area contributed by atoms with Gasteiger partial charge in [0.2, 0.25) is 0 Å². The van der Waals surface area contributed by atoms with E-state index < -0.39 is 5.41 Å². The molecule has 6 aromatic carbocycles. The normalized spacial score (nSPS) is 17.5. The number of rotatable bonds is 4. The van der Waals surface area contributed by atoms with Crippen molar-refractivity contribution in [1.82, 2.24) is 9.47 Å². The molecule has 0 fully saturated rings. The number of para-hydroxylation sites is 4. The second-order valence-corrected chi connectivity index (χ2v) is 15.3. The Morgan fingerprint density at radius 3 is 2.15 bits per heavy atom. The van der Waals surface area contributed by atoms with Crippen LogP contribution in [0.3, 0.4) is 0 Å². The summed E-state index contributed by atoms with van der Waals surface area (Å²) in [6.07, 6.45) is 4.20. The first-order chi connectivity index (χ1) is 25.2. The van der Waals surface area contributed by atoms with Gasteiger partial charge in [-0.1, -0.05) is 105 Å². The van der Waals surface area contributed by atoms with Crippen LogP contribution < -0.4 is 14.7 Å². The molecule has 4 heterocycles. The average Bonchev–Trinajstić information content (AvgIpc) is 3.86. The second-order valence-electron chi connectivity index (χ2n) is 15.3. The third-order valence-electron chi connectivity index (χ3n) is 11.1. The Morgan fingerprint density at radius 1 is 0.642 bits per heavy atom. The number of fused-ring (bicyclic) bond motifs is 6. The van der Waals surface area contributed by atoms with E-state index in [1.54, 1.807) is 0 Å². The Hall–Kier alpha value is -5.25. The first-order valence-corrected chi connectivity index (χ1v) is 18.0. The molecule has 262 valence electrons. The van der Waals surface area contributed by atoms with E-state index in [0.29, 0.717) is 0 Å². The zero-order chi connectivity index (χ0) is 35.4. The molecule has 1 unspecified atom stereocenters. The van der Waals surface area contributed by atoms with Crippen LogP contribution >= 0.6 is 0 Å². The molecule has 1 aromatic heterocycles. The summed E-state index contributed by atoms with van der Waals surface area (Å²) in [7, 11) is 4.18. The summed E-state index contributed by atoms with van der Waals surface area (Å²) in [6.45, 7) is 11.2. The van der Waals surface area contributed by atoms with Crippen LogP contribution in [0.4, 0.5) is 22.7 Å². The molecular weight excluding hydrogens is 830 g/mol. The zero-order valence-corrected chi connectivity index (χ0v) is 32.7. The molecule has 0 radical (unpaired) electrons. The third-order valence-corrected chi connectivity index (χ3v) is 11.1. The van der Waals surface area contributed by atoms with Crippen LogP contribution in [-0.4, -0.2) is 23.6 Å². The van der Waals surface area contributed by atoms with Crippen molar-refractivity contribution in [1.29, 1.82) is 0 Å². The van der Waals surface area contributed by atoms with E-state index in [4.69, 9.17) is 0 Å². The predicted molar refractivity (Wildman–Crippen MR) is 214 cm³/mol. The van der Waals surface area contributed by atoms with E-state index in [-0.39, 0.29) is 26.5 Å². The maximum Gasteiger partial charge on any atom is 4.00 e. The summed E-state index contributed by atoms with van der Waals surface area (Å²) >= 11 is 0. The fraction of sp³-hybridized carbons (Fsp3) is 0.149. The van der Waals surface area contributed by atoms with Crippen molar-refractivity contribution in [2.75, 3.05) is 28.8 Å². The molecule has 0 amide bonds. The minimum absolute atomic E-state index is 0. The quantitative estimate of drug-likeness (QED) is 0.164. The van der Waals surface area contributed by atoms with Crippen molar-refractivity contribution in [3.8, 4) is 5.69 Å². The van der Waals surface area contributed by atoms with Crippen LogP contribution in [0.2, 0.25) is 0 Å². The molecule has 3 aliphatic rings. The van der Waals surface area contributed by atoms with Crippen LogP contribution in [-0.2, 0) is 31.9 Å².